The largest absolute Gasteiger partial charge is 0.314 e. The SMILES string of the molecule is CCCCCCC(Cc1ccc(C)c(C)c1)NCC. The van der Waals surface area contributed by atoms with Crippen LogP contribution in [0.1, 0.15) is 62.6 Å². The normalized spacial score (nSPS) is 12.6. The zero-order valence-corrected chi connectivity index (χ0v) is 13.3. The summed E-state index contributed by atoms with van der Waals surface area (Å²) >= 11 is 0. The van der Waals surface area contributed by atoms with E-state index in [1.807, 2.05) is 0 Å². The molecule has 1 atom stereocenters. The van der Waals surface area contributed by atoms with Crippen LogP contribution in [0.5, 0.6) is 0 Å². The molecular formula is C18H31N. The molecule has 0 bridgehead atoms. The van der Waals surface area contributed by atoms with Crippen molar-refractivity contribution in [3.63, 3.8) is 0 Å². The van der Waals surface area contributed by atoms with Crippen molar-refractivity contribution in [1.82, 2.24) is 5.32 Å². The molecule has 0 saturated heterocycles. The van der Waals surface area contributed by atoms with Crippen LogP contribution < -0.4 is 5.32 Å². The predicted molar refractivity (Wildman–Crippen MR) is 85.8 cm³/mol. The van der Waals surface area contributed by atoms with Gasteiger partial charge in [0.15, 0.2) is 0 Å². The molecule has 1 rings (SSSR count). The van der Waals surface area contributed by atoms with Crippen LogP contribution in [0, 0.1) is 13.8 Å². The lowest BCUT2D eigenvalue weighted by Gasteiger charge is -2.18. The van der Waals surface area contributed by atoms with Gasteiger partial charge in [0.2, 0.25) is 0 Å². The summed E-state index contributed by atoms with van der Waals surface area (Å²) in [5.41, 5.74) is 4.29. The highest BCUT2D eigenvalue weighted by atomic mass is 14.9. The molecule has 0 amide bonds. The summed E-state index contributed by atoms with van der Waals surface area (Å²) < 4.78 is 0. The van der Waals surface area contributed by atoms with E-state index in [1.165, 1.54) is 55.2 Å². The van der Waals surface area contributed by atoms with Crippen molar-refractivity contribution >= 4 is 0 Å². The minimum absolute atomic E-state index is 0.643. The molecule has 19 heavy (non-hydrogen) atoms. The van der Waals surface area contributed by atoms with Gasteiger partial charge in [-0.15, -0.1) is 0 Å². The van der Waals surface area contributed by atoms with Gasteiger partial charge in [-0.3, -0.25) is 0 Å². The molecule has 1 unspecified atom stereocenters. The third-order valence-electron chi connectivity index (χ3n) is 3.95. The maximum absolute atomic E-state index is 3.64. The summed E-state index contributed by atoms with van der Waals surface area (Å²) in [7, 11) is 0. The Kier molecular flexibility index (Phi) is 7.81. The number of likely N-dealkylation sites (N-methyl/N-ethyl adjacent to an activating group) is 1. The van der Waals surface area contributed by atoms with Crippen LogP contribution in [-0.2, 0) is 6.42 Å². The lowest BCUT2D eigenvalue weighted by Crippen LogP contribution is -2.30. The van der Waals surface area contributed by atoms with Crippen LogP contribution in [0.25, 0.3) is 0 Å². The molecule has 0 radical (unpaired) electrons. The van der Waals surface area contributed by atoms with E-state index in [0.29, 0.717) is 6.04 Å². The van der Waals surface area contributed by atoms with Crippen molar-refractivity contribution in [2.24, 2.45) is 0 Å². The Balaban J connectivity index is 2.49. The second-order valence-electron chi connectivity index (χ2n) is 5.73. The molecule has 108 valence electrons. The average molecular weight is 261 g/mol. The van der Waals surface area contributed by atoms with E-state index in [4.69, 9.17) is 0 Å². The highest BCUT2D eigenvalue weighted by Crippen LogP contribution is 2.14. The van der Waals surface area contributed by atoms with Gasteiger partial charge in [-0.2, -0.15) is 0 Å². The molecular weight excluding hydrogens is 230 g/mol. The van der Waals surface area contributed by atoms with Gasteiger partial charge < -0.3 is 5.32 Å². The van der Waals surface area contributed by atoms with Crippen LogP contribution >= 0.6 is 0 Å². The Morgan fingerprint density at radius 1 is 1.00 bits per heavy atom. The highest BCUT2D eigenvalue weighted by molar-refractivity contribution is 5.30. The monoisotopic (exact) mass is 261 g/mol. The fourth-order valence-corrected chi connectivity index (χ4v) is 2.60. The summed E-state index contributed by atoms with van der Waals surface area (Å²) in [6.45, 7) is 9.95. The lowest BCUT2D eigenvalue weighted by atomic mass is 9.97. The number of hydrogen-bond donors (Lipinski definition) is 1. The molecule has 1 aromatic rings. The summed E-state index contributed by atoms with van der Waals surface area (Å²) in [6, 6.07) is 7.54. The molecule has 1 aromatic carbocycles. The standard InChI is InChI=1S/C18H31N/c1-5-7-8-9-10-18(19-6-2)14-17-12-11-15(3)16(4)13-17/h11-13,18-19H,5-10,14H2,1-4H3. The van der Waals surface area contributed by atoms with E-state index in [2.05, 4.69) is 51.2 Å². The minimum Gasteiger partial charge on any atom is -0.314 e. The maximum atomic E-state index is 3.64. The summed E-state index contributed by atoms with van der Waals surface area (Å²) in [6.07, 6.45) is 7.91. The van der Waals surface area contributed by atoms with Crippen molar-refractivity contribution in [3.8, 4) is 0 Å². The number of aryl methyl sites for hydroxylation is 2. The number of hydrogen-bond acceptors (Lipinski definition) is 1. The molecule has 0 aliphatic heterocycles. The Bertz CT molecular complexity index is 357. The van der Waals surface area contributed by atoms with Gasteiger partial charge >= 0.3 is 0 Å². The van der Waals surface area contributed by atoms with Crippen LogP contribution in [0.4, 0.5) is 0 Å². The van der Waals surface area contributed by atoms with E-state index in [-0.39, 0.29) is 0 Å². The Morgan fingerprint density at radius 3 is 2.42 bits per heavy atom. The Hall–Kier alpha value is -0.820. The number of rotatable bonds is 9. The molecule has 0 aliphatic rings. The van der Waals surface area contributed by atoms with Gasteiger partial charge in [0, 0.05) is 6.04 Å². The summed E-state index contributed by atoms with van der Waals surface area (Å²) in [4.78, 5) is 0. The van der Waals surface area contributed by atoms with Gasteiger partial charge in [-0.1, -0.05) is 57.7 Å². The first kappa shape index (κ1) is 16.2. The summed E-state index contributed by atoms with van der Waals surface area (Å²) in [5.74, 6) is 0. The quantitative estimate of drug-likeness (QED) is 0.630. The Labute approximate surface area is 119 Å². The molecule has 0 fully saturated rings. The number of nitrogens with one attached hydrogen (secondary N) is 1. The second kappa shape index (κ2) is 9.14. The van der Waals surface area contributed by atoms with Crippen molar-refractivity contribution in [2.45, 2.75) is 72.3 Å². The van der Waals surface area contributed by atoms with E-state index in [9.17, 15) is 0 Å². The molecule has 1 nitrogen and oxygen atoms in total. The smallest absolute Gasteiger partial charge is 0.0107 e. The van der Waals surface area contributed by atoms with Gasteiger partial charge in [-0.25, -0.2) is 0 Å². The topological polar surface area (TPSA) is 12.0 Å². The van der Waals surface area contributed by atoms with E-state index in [1.54, 1.807) is 0 Å². The second-order valence-corrected chi connectivity index (χ2v) is 5.73. The van der Waals surface area contributed by atoms with Gasteiger partial charge in [0.05, 0.1) is 0 Å². The lowest BCUT2D eigenvalue weighted by molar-refractivity contribution is 0.463. The third kappa shape index (κ3) is 6.24. The first-order valence-electron chi connectivity index (χ1n) is 7.96. The molecule has 0 heterocycles. The first-order chi connectivity index (χ1) is 9.17. The zero-order chi connectivity index (χ0) is 14.1. The first-order valence-corrected chi connectivity index (χ1v) is 7.96. The predicted octanol–water partition coefficient (Wildman–Crippen LogP) is 4.79. The van der Waals surface area contributed by atoms with Gasteiger partial charge in [0.25, 0.3) is 0 Å². The van der Waals surface area contributed by atoms with E-state index in [0.717, 1.165) is 6.54 Å². The molecule has 0 saturated carbocycles. The van der Waals surface area contributed by atoms with Crippen LogP contribution in [0.15, 0.2) is 18.2 Å². The molecule has 1 heteroatoms. The molecule has 0 aromatic heterocycles. The van der Waals surface area contributed by atoms with Crippen molar-refractivity contribution in [1.29, 1.82) is 0 Å². The third-order valence-corrected chi connectivity index (χ3v) is 3.95. The van der Waals surface area contributed by atoms with E-state index < -0.39 is 0 Å². The van der Waals surface area contributed by atoms with Crippen LogP contribution in [0.2, 0.25) is 0 Å². The highest BCUT2D eigenvalue weighted by Gasteiger charge is 2.08. The van der Waals surface area contributed by atoms with E-state index >= 15 is 0 Å². The zero-order valence-electron chi connectivity index (χ0n) is 13.3. The minimum atomic E-state index is 0.643. The fraction of sp³-hybridized carbons (Fsp3) is 0.667. The van der Waals surface area contributed by atoms with Crippen molar-refractivity contribution in [3.05, 3.63) is 34.9 Å². The van der Waals surface area contributed by atoms with Crippen LogP contribution in [-0.4, -0.2) is 12.6 Å². The number of benzene rings is 1. The fourth-order valence-electron chi connectivity index (χ4n) is 2.60. The average Bonchev–Trinajstić information content (AvgIpc) is 2.39. The van der Waals surface area contributed by atoms with Gasteiger partial charge in [0.1, 0.15) is 0 Å². The number of unbranched alkanes of at least 4 members (excludes halogenated alkanes) is 3. The summed E-state index contributed by atoms with van der Waals surface area (Å²) in [5, 5.41) is 3.64. The Morgan fingerprint density at radius 2 is 1.79 bits per heavy atom. The van der Waals surface area contributed by atoms with Crippen molar-refractivity contribution in [2.75, 3.05) is 6.54 Å². The molecule has 0 aliphatic carbocycles. The van der Waals surface area contributed by atoms with Crippen LogP contribution in [0.3, 0.4) is 0 Å². The molecule has 1 N–H and O–H groups in total. The molecule has 0 spiro atoms. The van der Waals surface area contributed by atoms with Crippen molar-refractivity contribution < 1.29 is 0 Å². The maximum Gasteiger partial charge on any atom is 0.0107 e. The van der Waals surface area contributed by atoms with Gasteiger partial charge in [-0.05, 0) is 49.9 Å².